The van der Waals surface area contributed by atoms with E-state index < -0.39 is 12.6 Å². The van der Waals surface area contributed by atoms with E-state index in [-0.39, 0.29) is 24.9 Å². The number of piperidine rings is 1. The van der Waals surface area contributed by atoms with E-state index in [1.54, 1.807) is 30.0 Å². The van der Waals surface area contributed by atoms with Crippen LogP contribution in [0.4, 0.5) is 13.2 Å². The summed E-state index contributed by atoms with van der Waals surface area (Å²) in [5, 5.41) is 3.70. The van der Waals surface area contributed by atoms with Crippen molar-refractivity contribution in [1.82, 2.24) is 10.2 Å². The number of nitrogens with one attached hydrogen (secondary N) is 1. The molecule has 0 saturated carbocycles. The highest BCUT2D eigenvalue weighted by atomic mass is 35.5. The number of benzene rings is 1. The fourth-order valence-corrected chi connectivity index (χ4v) is 3.19. The molecule has 0 radical (unpaired) electrons. The maximum atomic E-state index is 12.9. The van der Waals surface area contributed by atoms with Crippen LogP contribution in [0.5, 0.6) is 0 Å². The van der Waals surface area contributed by atoms with Gasteiger partial charge >= 0.3 is 6.18 Å². The molecule has 0 aliphatic carbocycles. The van der Waals surface area contributed by atoms with Crippen molar-refractivity contribution < 1.29 is 18.0 Å². The van der Waals surface area contributed by atoms with Crippen LogP contribution in [-0.2, 0) is 0 Å². The lowest BCUT2D eigenvalue weighted by Gasteiger charge is -2.35. The third-order valence-corrected chi connectivity index (χ3v) is 4.78. The second-order valence-corrected chi connectivity index (χ2v) is 6.52. The summed E-state index contributed by atoms with van der Waals surface area (Å²) in [6, 6.07) is 5.04. The summed E-state index contributed by atoms with van der Waals surface area (Å²) in [6.07, 6.45) is -3.67. The summed E-state index contributed by atoms with van der Waals surface area (Å²) >= 11 is 6.08. The van der Waals surface area contributed by atoms with Gasteiger partial charge in [-0.05, 0) is 57.0 Å². The van der Waals surface area contributed by atoms with Crippen LogP contribution in [0.15, 0.2) is 18.2 Å². The Kier molecular flexibility index (Phi) is 6.52. The lowest BCUT2D eigenvalue weighted by Crippen LogP contribution is -2.46. The Morgan fingerprint density at radius 1 is 1.33 bits per heavy atom. The van der Waals surface area contributed by atoms with Crippen LogP contribution in [0.3, 0.4) is 0 Å². The van der Waals surface area contributed by atoms with Crippen molar-refractivity contribution in [3.63, 3.8) is 0 Å². The fraction of sp³-hybridized carbons (Fsp3) is 0.588. The van der Waals surface area contributed by atoms with Crippen LogP contribution in [0, 0.1) is 6.92 Å². The third kappa shape index (κ3) is 5.11. The zero-order valence-electron chi connectivity index (χ0n) is 13.6. The summed E-state index contributed by atoms with van der Waals surface area (Å²) in [7, 11) is 0. The molecule has 7 heteroatoms. The second kappa shape index (κ2) is 8.21. The molecule has 2 rings (SSSR count). The van der Waals surface area contributed by atoms with Crippen LogP contribution in [0.2, 0.25) is 5.02 Å². The highest BCUT2D eigenvalue weighted by Crippen LogP contribution is 2.25. The average Bonchev–Trinajstić information content (AvgIpc) is 2.53. The lowest BCUT2D eigenvalue weighted by atomic mass is 10.0. The van der Waals surface area contributed by atoms with Gasteiger partial charge in [-0.3, -0.25) is 4.79 Å². The normalized spacial score (nSPS) is 16.2. The zero-order valence-corrected chi connectivity index (χ0v) is 14.4. The van der Waals surface area contributed by atoms with Crippen molar-refractivity contribution in [2.75, 3.05) is 19.6 Å². The first-order valence-corrected chi connectivity index (χ1v) is 8.51. The van der Waals surface area contributed by atoms with Gasteiger partial charge < -0.3 is 10.2 Å². The van der Waals surface area contributed by atoms with Crippen LogP contribution in [-0.4, -0.2) is 42.7 Å². The Hall–Kier alpha value is -1.27. The summed E-state index contributed by atoms with van der Waals surface area (Å²) in [4.78, 5) is 14.5. The van der Waals surface area contributed by atoms with Gasteiger partial charge in [-0.15, -0.1) is 0 Å². The molecule has 0 aromatic heterocycles. The summed E-state index contributed by atoms with van der Waals surface area (Å²) < 4.78 is 37.4. The number of alkyl halides is 3. The number of halogens is 4. The minimum absolute atomic E-state index is 0.0367. The number of hydrogen-bond donors (Lipinski definition) is 1. The van der Waals surface area contributed by atoms with Crippen molar-refractivity contribution in [3.05, 3.63) is 34.3 Å². The van der Waals surface area contributed by atoms with Crippen LogP contribution in [0.25, 0.3) is 0 Å². The Morgan fingerprint density at radius 3 is 2.62 bits per heavy atom. The van der Waals surface area contributed by atoms with Gasteiger partial charge in [0.15, 0.2) is 0 Å². The molecule has 0 unspecified atom stereocenters. The van der Waals surface area contributed by atoms with E-state index in [4.69, 9.17) is 11.6 Å². The first kappa shape index (κ1) is 19.1. The van der Waals surface area contributed by atoms with E-state index >= 15 is 0 Å². The van der Waals surface area contributed by atoms with E-state index in [1.807, 2.05) is 0 Å². The molecular weight excluding hydrogens is 341 g/mol. The Morgan fingerprint density at radius 2 is 2.00 bits per heavy atom. The molecule has 1 aliphatic rings. The quantitative estimate of drug-likeness (QED) is 0.852. The van der Waals surface area contributed by atoms with E-state index in [0.717, 1.165) is 25.9 Å². The molecule has 1 saturated heterocycles. The SMILES string of the molecule is Cc1c(Cl)cccc1C(=O)N(CCCC(F)(F)F)C1CCNCC1. The van der Waals surface area contributed by atoms with Gasteiger partial charge in [-0.1, -0.05) is 17.7 Å². The van der Waals surface area contributed by atoms with Gasteiger partial charge in [-0.25, -0.2) is 0 Å². The molecule has 1 aromatic carbocycles. The topological polar surface area (TPSA) is 32.3 Å². The molecule has 1 aliphatic heterocycles. The van der Waals surface area contributed by atoms with E-state index in [2.05, 4.69) is 5.32 Å². The molecule has 3 nitrogen and oxygen atoms in total. The molecule has 0 spiro atoms. The first-order valence-electron chi connectivity index (χ1n) is 8.13. The molecule has 0 bridgehead atoms. The number of amides is 1. The highest BCUT2D eigenvalue weighted by Gasteiger charge is 2.30. The predicted octanol–water partition coefficient (Wildman–Crippen LogP) is 4.19. The molecule has 134 valence electrons. The maximum absolute atomic E-state index is 12.9. The van der Waals surface area contributed by atoms with Gasteiger partial charge in [0.2, 0.25) is 0 Å². The molecule has 1 fully saturated rings. The fourth-order valence-electron chi connectivity index (χ4n) is 3.01. The van der Waals surface area contributed by atoms with Crippen LogP contribution >= 0.6 is 11.6 Å². The standard InChI is InChI=1S/C17H22ClF3N2O/c1-12-14(4-2-5-15(12)18)16(24)23(11-3-8-17(19,20)21)13-6-9-22-10-7-13/h2,4-5,13,22H,3,6-11H2,1H3. The first-order chi connectivity index (χ1) is 11.3. The lowest BCUT2D eigenvalue weighted by molar-refractivity contribution is -0.136. The Labute approximate surface area is 145 Å². The second-order valence-electron chi connectivity index (χ2n) is 6.11. The zero-order chi connectivity index (χ0) is 17.7. The average molecular weight is 363 g/mol. The molecule has 24 heavy (non-hydrogen) atoms. The monoisotopic (exact) mass is 362 g/mol. The number of hydrogen-bond acceptors (Lipinski definition) is 2. The molecule has 1 heterocycles. The van der Waals surface area contributed by atoms with E-state index in [1.165, 1.54) is 0 Å². The predicted molar refractivity (Wildman–Crippen MR) is 88.4 cm³/mol. The largest absolute Gasteiger partial charge is 0.389 e. The van der Waals surface area contributed by atoms with Gasteiger partial charge in [0, 0.05) is 29.6 Å². The Balaban J connectivity index is 2.17. The van der Waals surface area contributed by atoms with Crippen molar-refractivity contribution in [2.45, 2.75) is 44.8 Å². The van der Waals surface area contributed by atoms with Crippen molar-refractivity contribution in [3.8, 4) is 0 Å². The molecule has 0 atom stereocenters. The number of carbonyl (C=O) groups excluding carboxylic acids is 1. The Bertz CT molecular complexity index is 571. The minimum atomic E-state index is -4.20. The van der Waals surface area contributed by atoms with E-state index in [9.17, 15) is 18.0 Å². The number of carbonyl (C=O) groups is 1. The number of nitrogens with zero attached hydrogens (tertiary/aromatic N) is 1. The van der Waals surface area contributed by atoms with Gasteiger partial charge in [0.1, 0.15) is 0 Å². The van der Waals surface area contributed by atoms with Crippen LogP contribution in [0.1, 0.15) is 41.6 Å². The van der Waals surface area contributed by atoms with Gasteiger partial charge in [0.05, 0.1) is 0 Å². The molecular formula is C17H22ClF3N2O. The van der Waals surface area contributed by atoms with Crippen molar-refractivity contribution in [1.29, 1.82) is 0 Å². The van der Waals surface area contributed by atoms with Gasteiger partial charge in [0.25, 0.3) is 5.91 Å². The van der Waals surface area contributed by atoms with Gasteiger partial charge in [-0.2, -0.15) is 13.2 Å². The number of rotatable bonds is 5. The van der Waals surface area contributed by atoms with Crippen molar-refractivity contribution >= 4 is 17.5 Å². The molecule has 1 aromatic rings. The molecule has 1 amide bonds. The molecule has 1 N–H and O–H groups in total. The maximum Gasteiger partial charge on any atom is 0.389 e. The van der Waals surface area contributed by atoms with E-state index in [0.29, 0.717) is 16.1 Å². The minimum Gasteiger partial charge on any atom is -0.336 e. The highest BCUT2D eigenvalue weighted by molar-refractivity contribution is 6.31. The van der Waals surface area contributed by atoms with Crippen LogP contribution < -0.4 is 5.32 Å². The summed E-state index contributed by atoms with van der Waals surface area (Å²) in [6.45, 7) is 3.39. The summed E-state index contributed by atoms with van der Waals surface area (Å²) in [5.41, 5.74) is 1.13. The smallest absolute Gasteiger partial charge is 0.336 e. The van der Waals surface area contributed by atoms with Crippen molar-refractivity contribution in [2.24, 2.45) is 0 Å². The third-order valence-electron chi connectivity index (χ3n) is 4.37. The summed E-state index contributed by atoms with van der Waals surface area (Å²) in [5.74, 6) is -0.232.